The van der Waals surface area contributed by atoms with Gasteiger partial charge in [0.1, 0.15) is 4.70 Å². The van der Waals surface area contributed by atoms with E-state index in [2.05, 4.69) is 41.5 Å². The van der Waals surface area contributed by atoms with E-state index < -0.39 is 0 Å². The molecule has 26 heavy (non-hydrogen) atoms. The minimum atomic E-state index is -0.0637. The van der Waals surface area contributed by atoms with E-state index in [1.807, 2.05) is 23.6 Å². The van der Waals surface area contributed by atoms with Gasteiger partial charge >= 0.3 is 0 Å². The molecule has 2 heterocycles. The molecule has 0 saturated heterocycles. The van der Waals surface area contributed by atoms with Crippen molar-refractivity contribution >= 4 is 32.3 Å². The van der Waals surface area contributed by atoms with Crippen LogP contribution in [0.1, 0.15) is 18.1 Å². The van der Waals surface area contributed by atoms with Crippen molar-refractivity contribution in [1.29, 1.82) is 0 Å². The number of rotatable bonds is 5. The Morgan fingerprint density at radius 3 is 2.65 bits per heavy atom. The Balaban J connectivity index is 1.98. The molecule has 0 saturated carbocycles. The molecule has 4 rings (SSSR count). The second kappa shape index (κ2) is 7.03. The molecule has 0 aliphatic carbocycles. The molecule has 2 aromatic heterocycles. The number of fused-ring (bicyclic) bond motifs is 3. The third-order valence-electron chi connectivity index (χ3n) is 4.67. The maximum atomic E-state index is 12.3. The fourth-order valence-electron chi connectivity index (χ4n) is 3.41. The summed E-state index contributed by atoms with van der Waals surface area (Å²) < 4.78 is 0.720. The smallest absolute Gasteiger partial charge is 0.266 e. The largest absolute Gasteiger partial charge is 0.392 e. The lowest BCUT2D eigenvalue weighted by molar-refractivity contribution is 0.282. The fraction of sp³-hybridized carbons (Fsp3) is 0.190. The predicted molar refractivity (Wildman–Crippen MR) is 109 cm³/mol. The van der Waals surface area contributed by atoms with Gasteiger partial charge in [0.25, 0.3) is 5.56 Å². The van der Waals surface area contributed by atoms with E-state index in [-0.39, 0.29) is 12.2 Å². The zero-order valence-corrected chi connectivity index (χ0v) is 15.3. The number of hydrogen-bond acceptors (Lipinski definition) is 4. The highest BCUT2D eigenvalue weighted by Gasteiger charge is 2.15. The number of thiophene rings is 1. The number of H-pyrrole nitrogens is 1. The van der Waals surface area contributed by atoms with Crippen molar-refractivity contribution in [3.05, 3.63) is 69.3 Å². The Morgan fingerprint density at radius 1 is 1.12 bits per heavy atom. The Morgan fingerprint density at radius 2 is 1.92 bits per heavy atom. The van der Waals surface area contributed by atoms with Gasteiger partial charge in [-0.3, -0.25) is 4.79 Å². The van der Waals surface area contributed by atoms with Gasteiger partial charge in [0.2, 0.25) is 0 Å². The van der Waals surface area contributed by atoms with Crippen LogP contribution in [0.5, 0.6) is 0 Å². The maximum absolute atomic E-state index is 12.3. The number of aliphatic hydroxyl groups excluding tert-OH is 1. The first kappa shape index (κ1) is 17.0. The zero-order chi connectivity index (χ0) is 18.1. The van der Waals surface area contributed by atoms with Gasteiger partial charge in [-0.15, -0.1) is 11.3 Å². The van der Waals surface area contributed by atoms with E-state index in [0.717, 1.165) is 50.8 Å². The van der Waals surface area contributed by atoms with Crippen LogP contribution in [0.2, 0.25) is 0 Å². The number of aliphatic hydroxyl groups is 1. The van der Waals surface area contributed by atoms with E-state index in [4.69, 9.17) is 0 Å². The molecule has 4 nitrogen and oxygen atoms in total. The number of benzene rings is 2. The van der Waals surface area contributed by atoms with E-state index in [0.29, 0.717) is 0 Å². The lowest BCUT2D eigenvalue weighted by Crippen LogP contribution is -2.11. The third-order valence-corrected chi connectivity index (χ3v) is 5.59. The van der Waals surface area contributed by atoms with E-state index >= 15 is 0 Å². The van der Waals surface area contributed by atoms with Crippen LogP contribution >= 0.6 is 11.3 Å². The van der Waals surface area contributed by atoms with Crippen molar-refractivity contribution in [1.82, 2.24) is 10.3 Å². The summed E-state index contributed by atoms with van der Waals surface area (Å²) in [5.74, 6) is 0. The highest BCUT2D eigenvalue weighted by Crippen LogP contribution is 2.36. The van der Waals surface area contributed by atoms with Crippen LogP contribution in [-0.2, 0) is 13.2 Å². The van der Waals surface area contributed by atoms with Crippen LogP contribution in [0.4, 0.5) is 0 Å². The molecule has 0 atom stereocenters. The van der Waals surface area contributed by atoms with Gasteiger partial charge in [0.05, 0.1) is 6.61 Å². The third kappa shape index (κ3) is 2.84. The van der Waals surface area contributed by atoms with Crippen LogP contribution in [0.25, 0.3) is 32.1 Å². The van der Waals surface area contributed by atoms with Gasteiger partial charge in [0.15, 0.2) is 0 Å². The molecule has 0 amide bonds. The van der Waals surface area contributed by atoms with Crippen molar-refractivity contribution < 1.29 is 5.11 Å². The molecule has 0 unspecified atom stereocenters. The monoisotopic (exact) mass is 364 g/mol. The number of hydrogen-bond donors (Lipinski definition) is 3. The highest BCUT2D eigenvalue weighted by atomic mass is 32.1. The summed E-state index contributed by atoms with van der Waals surface area (Å²) in [6.45, 7) is 3.81. The van der Waals surface area contributed by atoms with Crippen molar-refractivity contribution in [3.63, 3.8) is 0 Å². The van der Waals surface area contributed by atoms with Gasteiger partial charge in [-0.05, 0) is 46.3 Å². The molecule has 0 fully saturated rings. The molecule has 3 N–H and O–H groups in total. The zero-order valence-electron chi connectivity index (χ0n) is 14.5. The van der Waals surface area contributed by atoms with Gasteiger partial charge < -0.3 is 15.4 Å². The summed E-state index contributed by atoms with van der Waals surface area (Å²) in [7, 11) is 0. The Kier molecular flexibility index (Phi) is 4.59. The molecule has 0 radical (unpaired) electrons. The van der Waals surface area contributed by atoms with Crippen LogP contribution in [0, 0.1) is 0 Å². The first-order valence-electron chi connectivity index (χ1n) is 8.69. The van der Waals surface area contributed by atoms with Crippen LogP contribution < -0.4 is 10.9 Å². The van der Waals surface area contributed by atoms with Gasteiger partial charge in [-0.1, -0.05) is 37.3 Å². The number of nitrogens with one attached hydrogen (secondary N) is 2. The average molecular weight is 364 g/mol. The summed E-state index contributed by atoms with van der Waals surface area (Å²) in [5, 5.41) is 17.1. The van der Waals surface area contributed by atoms with Crippen LogP contribution in [0.15, 0.2) is 52.6 Å². The summed E-state index contributed by atoms with van der Waals surface area (Å²) in [6, 6.07) is 14.1. The molecule has 5 heteroatoms. The summed E-state index contributed by atoms with van der Waals surface area (Å²) in [5.41, 5.74) is 4.84. The minimum absolute atomic E-state index is 0.0465. The minimum Gasteiger partial charge on any atom is -0.392 e. The first-order valence-corrected chi connectivity index (χ1v) is 9.57. The number of aromatic amines is 1. The topological polar surface area (TPSA) is 65.1 Å². The van der Waals surface area contributed by atoms with Gasteiger partial charge in [0, 0.05) is 22.8 Å². The second-order valence-electron chi connectivity index (χ2n) is 6.28. The quantitative estimate of drug-likeness (QED) is 0.501. The molecule has 0 spiro atoms. The summed E-state index contributed by atoms with van der Waals surface area (Å²) in [6.07, 6.45) is 0. The predicted octanol–water partition coefficient (Wildman–Crippen LogP) is 4.01. The molecule has 2 aromatic carbocycles. The van der Waals surface area contributed by atoms with Gasteiger partial charge in [-0.2, -0.15) is 0 Å². The molecular weight excluding hydrogens is 344 g/mol. The SMILES string of the molecule is CCNCc1ccc(-c2c(CO)ccc3[nH]c(=O)c4sccc4c23)cc1. The normalized spacial score (nSPS) is 11.5. The van der Waals surface area contributed by atoms with Crippen LogP contribution in [0.3, 0.4) is 0 Å². The highest BCUT2D eigenvalue weighted by molar-refractivity contribution is 7.17. The molecule has 132 valence electrons. The average Bonchev–Trinajstić information content (AvgIpc) is 3.17. The van der Waals surface area contributed by atoms with Crippen molar-refractivity contribution in [2.24, 2.45) is 0 Å². The van der Waals surface area contributed by atoms with Gasteiger partial charge in [-0.25, -0.2) is 0 Å². The lowest BCUT2D eigenvalue weighted by Gasteiger charge is -2.14. The Labute approximate surface area is 155 Å². The number of aromatic nitrogens is 1. The van der Waals surface area contributed by atoms with E-state index in [1.54, 1.807) is 0 Å². The molecule has 0 bridgehead atoms. The summed E-state index contributed by atoms with van der Waals surface area (Å²) >= 11 is 1.44. The Hall–Kier alpha value is -2.47. The first-order chi connectivity index (χ1) is 12.7. The molecule has 0 aliphatic rings. The molecular formula is C21H20N2O2S. The lowest BCUT2D eigenvalue weighted by atomic mass is 9.93. The van der Waals surface area contributed by atoms with Crippen molar-refractivity contribution in [2.75, 3.05) is 6.54 Å². The summed E-state index contributed by atoms with van der Waals surface area (Å²) in [4.78, 5) is 15.3. The fourth-order valence-corrected chi connectivity index (χ4v) is 4.21. The molecule has 0 aliphatic heterocycles. The van der Waals surface area contributed by atoms with Crippen LogP contribution in [-0.4, -0.2) is 16.6 Å². The van der Waals surface area contributed by atoms with E-state index in [9.17, 15) is 9.90 Å². The van der Waals surface area contributed by atoms with Crippen molar-refractivity contribution in [3.8, 4) is 11.1 Å². The molecule has 4 aromatic rings. The standard InChI is InChI=1S/C21H20N2O2S/c1-2-22-11-13-3-5-14(6-4-13)18-15(12-24)7-8-17-19(18)16-9-10-26-20(16)21(25)23-17/h3-10,22,24H,2,11-12H2,1H3,(H,23,25). The number of pyridine rings is 1. The maximum Gasteiger partial charge on any atom is 0.266 e. The second-order valence-corrected chi connectivity index (χ2v) is 7.19. The van der Waals surface area contributed by atoms with Crippen molar-refractivity contribution in [2.45, 2.75) is 20.1 Å². The Bertz CT molecular complexity index is 1130. The van der Waals surface area contributed by atoms with E-state index in [1.165, 1.54) is 16.9 Å².